The summed E-state index contributed by atoms with van der Waals surface area (Å²) in [6.07, 6.45) is 0. The lowest BCUT2D eigenvalue weighted by atomic mass is 10.2. The Labute approximate surface area is 131 Å². The van der Waals surface area contributed by atoms with Crippen molar-refractivity contribution in [2.45, 2.75) is 12.1 Å². The minimum atomic E-state index is -0.370. The van der Waals surface area contributed by atoms with Gasteiger partial charge in [-0.05, 0) is 36.8 Å². The van der Waals surface area contributed by atoms with E-state index in [1.165, 1.54) is 23.9 Å². The Morgan fingerprint density at radius 3 is 2.95 bits per heavy atom. The summed E-state index contributed by atoms with van der Waals surface area (Å²) in [6, 6.07) is 12.0. The molecule has 1 heterocycles. The Hall–Kier alpha value is -2.34. The number of nitrogens with zero attached hydrogens (tertiary/aromatic N) is 1. The lowest BCUT2D eigenvalue weighted by molar-refractivity contribution is -0.113. The van der Waals surface area contributed by atoms with Gasteiger partial charge in [0.2, 0.25) is 5.91 Å². The van der Waals surface area contributed by atoms with E-state index in [-0.39, 0.29) is 17.5 Å². The van der Waals surface area contributed by atoms with Crippen molar-refractivity contribution < 1.29 is 9.18 Å². The van der Waals surface area contributed by atoms with Gasteiger partial charge in [-0.1, -0.05) is 30.0 Å². The lowest BCUT2D eigenvalue weighted by Crippen LogP contribution is -2.15. The van der Waals surface area contributed by atoms with Crippen LogP contribution in [-0.4, -0.2) is 21.6 Å². The summed E-state index contributed by atoms with van der Waals surface area (Å²) in [5.74, 6) is -0.361. The molecule has 0 aliphatic carbocycles. The molecule has 22 heavy (non-hydrogen) atoms. The molecule has 0 atom stereocenters. The molecule has 0 bridgehead atoms. The number of imidazole rings is 1. The number of amides is 1. The molecule has 1 aromatic heterocycles. The van der Waals surface area contributed by atoms with E-state index in [0.29, 0.717) is 10.8 Å². The molecule has 6 heteroatoms. The minimum Gasteiger partial charge on any atom is -0.333 e. The maximum Gasteiger partial charge on any atom is 0.234 e. The zero-order chi connectivity index (χ0) is 15.5. The number of benzene rings is 2. The fraction of sp³-hybridized carbons (Fsp3) is 0.125. The quantitative estimate of drug-likeness (QED) is 0.721. The summed E-state index contributed by atoms with van der Waals surface area (Å²) in [5.41, 5.74) is 3.12. The first-order chi connectivity index (χ1) is 10.6. The molecule has 0 radical (unpaired) electrons. The number of aromatic nitrogens is 2. The van der Waals surface area contributed by atoms with E-state index in [4.69, 9.17) is 0 Å². The van der Waals surface area contributed by atoms with Gasteiger partial charge >= 0.3 is 0 Å². The van der Waals surface area contributed by atoms with E-state index in [9.17, 15) is 9.18 Å². The van der Waals surface area contributed by atoms with Gasteiger partial charge < -0.3 is 10.3 Å². The SMILES string of the molecule is Cc1ccc(F)cc1NC(=O)CSc1nc2ccccc2[nH]1. The summed E-state index contributed by atoms with van der Waals surface area (Å²) < 4.78 is 13.2. The molecule has 112 valence electrons. The molecule has 0 saturated carbocycles. The van der Waals surface area contributed by atoms with Crippen LogP contribution in [0, 0.1) is 12.7 Å². The fourth-order valence-corrected chi connectivity index (χ4v) is 2.73. The standard InChI is InChI=1S/C16H14FN3OS/c1-10-6-7-11(17)8-14(10)18-15(21)9-22-16-19-12-4-2-3-5-13(12)20-16/h2-8H,9H2,1H3,(H,18,21)(H,19,20). The molecule has 3 aromatic rings. The fourth-order valence-electron chi connectivity index (χ4n) is 2.05. The summed E-state index contributed by atoms with van der Waals surface area (Å²) in [5, 5.41) is 3.40. The van der Waals surface area contributed by atoms with Crippen molar-refractivity contribution in [2.24, 2.45) is 0 Å². The predicted molar refractivity (Wildman–Crippen MR) is 86.6 cm³/mol. The number of carbonyl (C=O) groups is 1. The lowest BCUT2D eigenvalue weighted by Gasteiger charge is -2.07. The van der Waals surface area contributed by atoms with Crippen LogP contribution in [0.25, 0.3) is 11.0 Å². The van der Waals surface area contributed by atoms with Crippen LogP contribution in [0.5, 0.6) is 0 Å². The average Bonchev–Trinajstić information content (AvgIpc) is 2.92. The van der Waals surface area contributed by atoms with Crippen molar-refractivity contribution in [1.82, 2.24) is 9.97 Å². The number of hydrogen-bond donors (Lipinski definition) is 2. The first kappa shape index (κ1) is 14.6. The van der Waals surface area contributed by atoms with Gasteiger partial charge in [-0.25, -0.2) is 9.37 Å². The van der Waals surface area contributed by atoms with Gasteiger partial charge in [-0.3, -0.25) is 4.79 Å². The topological polar surface area (TPSA) is 57.8 Å². The Balaban J connectivity index is 1.63. The predicted octanol–water partition coefficient (Wildman–Crippen LogP) is 3.74. The highest BCUT2D eigenvalue weighted by Gasteiger charge is 2.09. The molecule has 2 aromatic carbocycles. The average molecular weight is 315 g/mol. The van der Waals surface area contributed by atoms with E-state index in [0.717, 1.165) is 16.6 Å². The second-order valence-corrected chi connectivity index (χ2v) is 5.82. The first-order valence-electron chi connectivity index (χ1n) is 6.75. The number of rotatable bonds is 4. The van der Waals surface area contributed by atoms with Crippen LogP contribution in [0.1, 0.15) is 5.56 Å². The zero-order valence-corrected chi connectivity index (χ0v) is 12.7. The highest BCUT2D eigenvalue weighted by atomic mass is 32.2. The number of halogens is 1. The number of fused-ring (bicyclic) bond motifs is 1. The third-order valence-electron chi connectivity index (χ3n) is 3.18. The van der Waals surface area contributed by atoms with Crippen LogP contribution in [0.4, 0.5) is 10.1 Å². The van der Waals surface area contributed by atoms with Crippen molar-refractivity contribution in [3.63, 3.8) is 0 Å². The maximum absolute atomic E-state index is 13.2. The number of nitrogens with one attached hydrogen (secondary N) is 2. The maximum atomic E-state index is 13.2. The molecular formula is C16H14FN3OS. The number of thioether (sulfide) groups is 1. The van der Waals surface area contributed by atoms with Gasteiger partial charge in [0.15, 0.2) is 5.16 Å². The number of para-hydroxylation sites is 2. The molecule has 0 spiro atoms. The van der Waals surface area contributed by atoms with Crippen LogP contribution in [0.15, 0.2) is 47.6 Å². The largest absolute Gasteiger partial charge is 0.333 e. The Bertz CT molecular complexity index is 798. The molecule has 0 unspecified atom stereocenters. The molecule has 3 rings (SSSR count). The highest BCUT2D eigenvalue weighted by Crippen LogP contribution is 2.20. The molecule has 4 nitrogen and oxygen atoms in total. The van der Waals surface area contributed by atoms with E-state index >= 15 is 0 Å². The third-order valence-corrected chi connectivity index (χ3v) is 4.05. The molecule has 0 aliphatic heterocycles. The number of hydrogen-bond acceptors (Lipinski definition) is 3. The second-order valence-electron chi connectivity index (χ2n) is 4.86. The molecule has 0 aliphatic rings. The molecule has 2 N–H and O–H groups in total. The summed E-state index contributed by atoms with van der Waals surface area (Å²) in [4.78, 5) is 19.5. The van der Waals surface area contributed by atoms with Crippen molar-refractivity contribution in [2.75, 3.05) is 11.1 Å². The van der Waals surface area contributed by atoms with Crippen LogP contribution in [-0.2, 0) is 4.79 Å². The minimum absolute atomic E-state index is 0.195. The number of H-pyrrole nitrogens is 1. The van der Waals surface area contributed by atoms with E-state index in [1.807, 2.05) is 31.2 Å². The smallest absolute Gasteiger partial charge is 0.234 e. The summed E-state index contributed by atoms with van der Waals surface area (Å²) in [7, 11) is 0. The third kappa shape index (κ3) is 3.28. The molecule has 1 amide bonds. The van der Waals surface area contributed by atoms with Crippen LogP contribution in [0.3, 0.4) is 0 Å². The van der Waals surface area contributed by atoms with Crippen molar-refractivity contribution in [3.8, 4) is 0 Å². The van der Waals surface area contributed by atoms with Gasteiger partial charge in [0.1, 0.15) is 5.82 Å². The van der Waals surface area contributed by atoms with E-state index in [1.54, 1.807) is 6.07 Å². The normalized spacial score (nSPS) is 10.8. The summed E-state index contributed by atoms with van der Waals surface area (Å²) in [6.45, 7) is 1.82. The number of anilines is 1. The Morgan fingerprint density at radius 2 is 2.14 bits per heavy atom. The van der Waals surface area contributed by atoms with Gasteiger partial charge in [0.25, 0.3) is 0 Å². The second kappa shape index (κ2) is 6.19. The van der Waals surface area contributed by atoms with E-state index in [2.05, 4.69) is 15.3 Å². The van der Waals surface area contributed by atoms with Gasteiger partial charge in [0.05, 0.1) is 16.8 Å². The van der Waals surface area contributed by atoms with Gasteiger partial charge in [-0.2, -0.15) is 0 Å². The van der Waals surface area contributed by atoms with Crippen molar-refractivity contribution >= 4 is 34.4 Å². The molecule has 0 saturated heterocycles. The monoisotopic (exact) mass is 315 g/mol. The molecule has 0 fully saturated rings. The first-order valence-corrected chi connectivity index (χ1v) is 7.74. The van der Waals surface area contributed by atoms with Crippen molar-refractivity contribution in [3.05, 3.63) is 53.8 Å². The summed E-state index contributed by atoms with van der Waals surface area (Å²) >= 11 is 1.31. The van der Waals surface area contributed by atoms with Crippen LogP contribution >= 0.6 is 11.8 Å². The Kier molecular flexibility index (Phi) is 4.11. The highest BCUT2D eigenvalue weighted by molar-refractivity contribution is 7.99. The number of carbonyl (C=O) groups excluding carboxylic acids is 1. The van der Waals surface area contributed by atoms with E-state index < -0.39 is 0 Å². The van der Waals surface area contributed by atoms with Crippen LogP contribution < -0.4 is 5.32 Å². The van der Waals surface area contributed by atoms with Gasteiger partial charge in [0, 0.05) is 5.69 Å². The number of aromatic amines is 1. The van der Waals surface area contributed by atoms with Crippen molar-refractivity contribution in [1.29, 1.82) is 0 Å². The number of aryl methyl sites for hydroxylation is 1. The van der Waals surface area contributed by atoms with Gasteiger partial charge in [-0.15, -0.1) is 0 Å². The zero-order valence-electron chi connectivity index (χ0n) is 11.9. The van der Waals surface area contributed by atoms with Crippen LogP contribution in [0.2, 0.25) is 0 Å². The Morgan fingerprint density at radius 1 is 1.32 bits per heavy atom. The molecular weight excluding hydrogens is 301 g/mol.